The van der Waals surface area contributed by atoms with Crippen LogP contribution in [0, 0.1) is 0 Å². The van der Waals surface area contributed by atoms with E-state index in [1.165, 1.54) is 0 Å². The predicted octanol–water partition coefficient (Wildman–Crippen LogP) is 2.09. The molecule has 0 saturated carbocycles. The second-order valence-corrected chi connectivity index (χ2v) is 5.24. The van der Waals surface area contributed by atoms with Crippen LogP contribution in [0.1, 0.15) is 5.69 Å². The zero-order chi connectivity index (χ0) is 14.7. The molecule has 4 N–H and O–H groups in total. The Labute approximate surface area is 124 Å². The molecule has 21 heavy (non-hydrogen) atoms. The smallest absolute Gasteiger partial charge is 0.304 e. The van der Waals surface area contributed by atoms with Crippen LogP contribution >= 0.6 is 11.3 Å². The van der Waals surface area contributed by atoms with Crippen molar-refractivity contribution in [1.82, 2.24) is 15.0 Å². The standard InChI is InChI=1S/C14H13N5OS/c15-11-6-12(16-7-10-8-21-14(20)17-10)19-13(18-11)9-4-2-1-3-5-9/h1-6,8H,7H2,(H,17,20)(H3,15,16,18,19). The van der Waals surface area contributed by atoms with Gasteiger partial charge in [0.15, 0.2) is 5.82 Å². The third-order valence-corrected chi connectivity index (χ3v) is 3.53. The Hall–Kier alpha value is -2.67. The van der Waals surface area contributed by atoms with Gasteiger partial charge < -0.3 is 16.0 Å². The average Bonchev–Trinajstić information content (AvgIpc) is 2.91. The predicted molar refractivity (Wildman–Crippen MR) is 84.1 cm³/mol. The zero-order valence-corrected chi connectivity index (χ0v) is 11.9. The number of nitrogens with two attached hydrogens (primary N) is 1. The maximum Gasteiger partial charge on any atom is 0.304 e. The van der Waals surface area contributed by atoms with Crippen molar-refractivity contribution in [2.75, 3.05) is 11.1 Å². The van der Waals surface area contributed by atoms with Crippen LogP contribution < -0.4 is 15.9 Å². The minimum Gasteiger partial charge on any atom is -0.384 e. The summed E-state index contributed by atoms with van der Waals surface area (Å²) in [5.41, 5.74) is 7.53. The van der Waals surface area contributed by atoms with Gasteiger partial charge in [-0.1, -0.05) is 41.7 Å². The fourth-order valence-corrected chi connectivity index (χ4v) is 2.44. The lowest BCUT2D eigenvalue weighted by atomic mass is 10.2. The van der Waals surface area contributed by atoms with Gasteiger partial charge >= 0.3 is 4.87 Å². The Kier molecular flexibility index (Phi) is 3.65. The van der Waals surface area contributed by atoms with Crippen molar-refractivity contribution in [2.24, 2.45) is 0 Å². The van der Waals surface area contributed by atoms with E-state index < -0.39 is 0 Å². The Morgan fingerprint density at radius 2 is 2.05 bits per heavy atom. The molecule has 0 aliphatic carbocycles. The largest absolute Gasteiger partial charge is 0.384 e. The van der Waals surface area contributed by atoms with Crippen LogP contribution in [-0.2, 0) is 6.54 Å². The van der Waals surface area contributed by atoms with Gasteiger partial charge in [-0.2, -0.15) is 0 Å². The lowest BCUT2D eigenvalue weighted by Crippen LogP contribution is -2.06. The number of thiazole rings is 1. The van der Waals surface area contributed by atoms with Gasteiger partial charge in [0.1, 0.15) is 11.6 Å². The zero-order valence-electron chi connectivity index (χ0n) is 11.0. The highest BCUT2D eigenvalue weighted by atomic mass is 32.1. The molecule has 0 aliphatic heterocycles. The number of nitrogens with zero attached hydrogens (tertiary/aromatic N) is 2. The average molecular weight is 299 g/mol. The summed E-state index contributed by atoms with van der Waals surface area (Å²) in [6.07, 6.45) is 0. The van der Waals surface area contributed by atoms with Crippen molar-refractivity contribution in [3.05, 3.63) is 57.1 Å². The highest BCUT2D eigenvalue weighted by Crippen LogP contribution is 2.18. The minimum absolute atomic E-state index is 0.0704. The van der Waals surface area contributed by atoms with Crippen molar-refractivity contribution in [2.45, 2.75) is 6.54 Å². The summed E-state index contributed by atoms with van der Waals surface area (Å²) in [5.74, 6) is 1.58. The summed E-state index contributed by atoms with van der Waals surface area (Å²) in [6, 6.07) is 11.3. The number of benzene rings is 1. The molecule has 7 heteroatoms. The van der Waals surface area contributed by atoms with E-state index in [-0.39, 0.29) is 4.87 Å². The Bertz CT molecular complexity index is 796. The molecule has 6 nitrogen and oxygen atoms in total. The summed E-state index contributed by atoms with van der Waals surface area (Å²) >= 11 is 1.13. The molecule has 0 aliphatic rings. The van der Waals surface area contributed by atoms with Crippen LogP contribution in [0.15, 0.2) is 46.6 Å². The summed E-state index contributed by atoms with van der Waals surface area (Å²) in [6.45, 7) is 0.476. The molecule has 0 spiro atoms. The minimum atomic E-state index is -0.0704. The monoisotopic (exact) mass is 299 g/mol. The third-order valence-electron chi connectivity index (χ3n) is 2.81. The summed E-state index contributed by atoms with van der Waals surface area (Å²) in [4.78, 5) is 22.4. The first-order chi connectivity index (χ1) is 10.2. The highest BCUT2D eigenvalue weighted by molar-refractivity contribution is 7.07. The van der Waals surface area contributed by atoms with E-state index >= 15 is 0 Å². The number of nitrogens with one attached hydrogen (secondary N) is 2. The number of anilines is 2. The second kappa shape index (κ2) is 5.76. The first-order valence-corrected chi connectivity index (χ1v) is 7.19. The molecule has 0 fully saturated rings. The van der Waals surface area contributed by atoms with Crippen molar-refractivity contribution >= 4 is 23.0 Å². The van der Waals surface area contributed by atoms with Gasteiger partial charge in [0.2, 0.25) is 0 Å². The van der Waals surface area contributed by atoms with Gasteiger partial charge in [0, 0.05) is 22.7 Å². The number of aromatic amines is 1. The fraction of sp³-hybridized carbons (Fsp3) is 0.0714. The SMILES string of the molecule is Nc1cc(NCc2csc(=O)[nH]2)nc(-c2ccccc2)n1. The molecular weight excluding hydrogens is 286 g/mol. The Morgan fingerprint density at radius 1 is 1.24 bits per heavy atom. The molecule has 1 aromatic carbocycles. The van der Waals surface area contributed by atoms with Gasteiger partial charge in [0.25, 0.3) is 0 Å². The molecule has 0 atom stereocenters. The van der Waals surface area contributed by atoms with Crippen molar-refractivity contribution < 1.29 is 0 Å². The van der Waals surface area contributed by atoms with Crippen molar-refractivity contribution in [3.63, 3.8) is 0 Å². The summed E-state index contributed by atoms with van der Waals surface area (Å²) in [5, 5.41) is 4.91. The van der Waals surface area contributed by atoms with E-state index in [0.29, 0.717) is 24.0 Å². The molecule has 106 valence electrons. The molecule has 3 rings (SSSR count). The molecule has 0 saturated heterocycles. The topological polar surface area (TPSA) is 96.7 Å². The molecule has 0 amide bonds. The normalized spacial score (nSPS) is 10.5. The number of aromatic nitrogens is 3. The van der Waals surface area contributed by atoms with Crippen LogP contribution in [0.5, 0.6) is 0 Å². The molecule has 3 aromatic rings. The van der Waals surface area contributed by atoms with E-state index in [2.05, 4.69) is 20.3 Å². The maximum absolute atomic E-state index is 11.1. The number of hydrogen-bond acceptors (Lipinski definition) is 6. The van der Waals surface area contributed by atoms with Crippen molar-refractivity contribution in [3.8, 4) is 11.4 Å². The molecule has 2 aromatic heterocycles. The van der Waals surface area contributed by atoms with Gasteiger partial charge in [0.05, 0.1) is 6.54 Å². The van der Waals surface area contributed by atoms with Gasteiger partial charge in [-0.05, 0) is 0 Å². The maximum atomic E-state index is 11.1. The van der Waals surface area contributed by atoms with E-state index in [9.17, 15) is 4.79 Å². The number of nitrogen functional groups attached to an aromatic ring is 1. The number of rotatable bonds is 4. The Balaban J connectivity index is 1.83. The summed E-state index contributed by atoms with van der Waals surface area (Å²) < 4.78 is 0. The quantitative estimate of drug-likeness (QED) is 0.685. The second-order valence-electron chi connectivity index (χ2n) is 4.39. The van der Waals surface area contributed by atoms with Crippen LogP contribution in [0.3, 0.4) is 0 Å². The lowest BCUT2D eigenvalue weighted by Gasteiger charge is -2.07. The molecular formula is C14H13N5OS. The fourth-order valence-electron chi connectivity index (χ4n) is 1.86. The third kappa shape index (κ3) is 3.26. The number of hydrogen-bond donors (Lipinski definition) is 3. The highest BCUT2D eigenvalue weighted by Gasteiger charge is 2.05. The molecule has 0 radical (unpaired) electrons. The van der Waals surface area contributed by atoms with E-state index in [0.717, 1.165) is 22.6 Å². The molecule has 0 unspecified atom stereocenters. The number of H-pyrrole nitrogens is 1. The first kappa shape index (κ1) is 13.3. The van der Waals surface area contributed by atoms with Gasteiger partial charge in [-0.3, -0.25) is 4.79 Å². The van der Waals surface area contributed by atoms with E-state index in [1.807, 2.05) is 30.3 Å². The Morgan fingerprint density at radius 3 is 2.76 bits per heavy atom. The van der Waals surface area contributed by atoms with Crippen LogP contribution in [0.2, 0.25) is 0 Å². The van der Waals surface area contributed by atoms with E-state index in [4.69, 9.17) is 5.73 Å². The van der Waals surface area contributed by atoms with Gasteiger partial charge in [-0.15, -0.1) is 0 Å². The first-order valence-electron chi connectivity index (χ1n) is 6.31. The van der Waals surface area contributed by atoms with Gasteiger partial charge in [-0.25, -0.2) is 9.97 Å². The van der Waals surface area contributed by atoms with Crippen LogP contribution in [0.25, 0.3) is 11.4 Å². The van der Waals surface area contributed by atoms with Crippen LogP contribution in [-0.4, -0.2) is 15.0 Å². The van der Waals surface area contributed by atoms with E-state index in [1.54, 1.807) is 11.4 Å². The summed E-state index contributed by atoms with van der Waals surface area (Å²) in [7, 11) is 0. The molecule has 2 heterocycles. The molecule has 0 bridgehead atoms. The lowest BCUT2D eigenvalue weighted by molar-refractivity contribution is 1.03. The van der Waals surface area contributed by atoms with Crippen molar-refractivity contribution in [1.29, 1.82) is 0 Å². The van der Waals surface area contributed by atoms with Crippen LogP contribution in [0.4, 0.5) is 11.6 Å².